The van der Waals surface area contributed by atoms with Crippen molar-refractivity contribution in [3.05, 3.63) is 140 Å². The maximum absolute atomic E-state index is 6.43. The smallest absolute Gasteiger partial charge is 0.213 e. The second kappa shape index (κ2) is 8.88. The van der Waals surface area contributed by atoms with Crippen LogP contribution >= 0.6 is 0 Å². The van der Waals surface area contributed by atoms with Gasteiger partial charge in [0.25, 0.3) is 0 Å². The molecular weight excluding hydrogens is 516 g/mol. The van der Waals surface area contributed by atoms with Gasteiger partial charge in [0.05, 0.1) is 10.9 Å². The Balaban J connectivity index is 1.10. The molecule has 3 aromatic heterocycles. The van der Waals surface area contributed by atoms with Gasteiger partial charge in [-0.2, -0.15) is 0 Å². The van der Waals surface area contributed by atoms with E-state index >= 15 is 0 Å². The van der Waals surface area contributed by atoms with Crippen LogP contribution in [0.1, 0.15) is 0 Å². The number of nitrogens with zero attached hydrogens (tertiary/aromatic N) is 1. The van der Waals surface area contributed by atoms with Crippen LogP contribution in [0.3, 0.4) is 0 Å². The predicted octanol–water partition coefficient (Wildman–Crippen LogP) is 10.8. The largest absolute Gasteiger partial charge is 0.456 e. The van der Waals surface area contributed by atoms with E-state index < -0.39 is 0 Å². The van der Waals surface area contributed by atoms with Crippen LogP contribution in [-0.2, 0) is 0 Å². The molecule has 42 heavy (non-hydrogen) atoms. The second-order valence-corrected chi connectivity index (χ2v) is 10.7. The number of benzene rings is 6. The molecule has 198 valence electrons. The summed E-state index contributed by atoms with van der Waals surface area (Å²) < 4.78 is 14.7. The van der Waals surface area contributed by atoms with Crippen molar-refractivity contribution in [2.45, 2.75) is 0 Å². The summed E-state index contributed by atoms with van der Waals surface area (Å²) in [6.45, 7) is 0. The SMILES string of the molecule is c1ccc(-n2c3cc(-c4ccc(Nc5ccc6c(c5)oc5ccccc56)cc4)ccc3c3c4ccccc4oc32)cc1. The zero-order valence-electron chi connectivity index (χ0n) is 22.5. The van der Waals surface area contributed by atoms with Gasteiger partial charge in [0.15, 0.2) is 0 Å². The number of para-hydroxylation sites is 3. The highest BCUT2D eigenvalue weighted by molar-refractivity contribution is 6.20. The van der Waals surface area contributed by atoms with E-state index in [0.717, 1.165) is 77.7 Å². The van der Waals surface area contributed by atoms with Gasteiger partial charge in [0, 0.05) is 44.7 Å². The second-order valence-electron chi connectivity index (χ2n) is 10.7. The van der Waals surface area contributed by atoms with Gasteiger partial charge in [-0.3, -0.25) is 4.57 Å². The lowest BCUT2D eigenvalue weighted by atomic mass is 10.0. The fraction of sp³-hybridized carbons (Fsp3) is 0. The molecule has 1 N–H and O–H groups in total. The topological polar surface area (TPSA) is 43.2 Å². The number of anilines is 2. The molecule has 0 radical (unpaired) electrons. The molecule has 0 atom stereocenters. The molecule has 0 fully saturated rings. The average molecular weight is 541 g/mol. The third-order valence-electron chi connectivity index (χ3n) is 8.19. The molecule has 0 bridgehead atoms. The van der Waals surface area contributed by atoms with Gasteiger partial charge in [-0.25, -0.2) is 0 Å². The molecule has 0 unspecified atom stereocenters. The summed E-state index contributed by atoms with van der Waals surface area (Å²) in [5.41, 5.74) is 10.1. The molecule has 4 heteroatoms. The van der Waals surface area contributed by atoms with Crippen LogP contribution in [0.5, 0.6) is 0 Å². The Hall–Kier alpha value is -5.74. The van der Waals surface area contributed by atoms with E-state index in [1.807, 2.05) is 36.4 Å². The Morgan fingerprint density at radius 1 is 0.452 bits per heavy atom. The van der Waals surface area contributed by atoms with Crippen molar-refractivity contribution in [3.8, 4) is 16.8 Å². The maximum Gasteiger partial charge on any atom is 0.213 e. The summed E-state index contributed by atoms with van der Waals surface area (Å²) in [5, 5.41) is 9.27. The van der Waals surface area contributed by atoms with E-state index in [1.54, 1.807) is 0 Å². The van der Waals surface area contributed by atoms with Gasteiger partial charge >= 0.3 is 0 Å². The fourth-order valence-corrected chi connectivity index (χ4v) is 6.22. The van der Waals surface area contributed by atoms with E-state index in [1.165, 1.54) is 5.39 Å². The lowest BCUT2D eigenvalue weighted by molar-refractivity contribution is 0.645. The summed E-state index contributed by atoms with van der Waals surface area (Å²) >= 11 is 0. The van der Waals surface area contributed by atoms with Crippen molar-refractivity contribution in [1.29, 1.82) is 0 Å². The first-order chi connectivity index (χ1) is 20.8. The maximum atomic E-state index is 6.43. The average Bonchev–Trinajstić information content (AvgIpc) is 3.69. The van der Waals surface area contributed by atoms with E-state index in [9.17, 15) is 0 Å². The minimum atomic E-state index is 0.871. The Morgan fingerprint density at radius 2 is 1.10 bits per heavy atom. The van der Waals surface area contributed by atoms with Crippen LogP contribution in [-0.4, -0.2) is 4.57 Å². The molecule has 0 aliphatic heterocycles. The van der Waals surface area contributed by atoms with E-state index in [4.69, 9.17) is 8.83 Å². The number of rotatable bonds is 4. The van der Waals surface area contributed by atoms with Gasteiger partial charge in [-0.05, 0) is 65.7 Å². The van der Waals surface area contributed by atoms with Crippen LogP contribution in [0.2, 0.25) is 0 Å². The molecule has 0 aliphatic rings. The quantitative estimate of drug-likeness (QED) is 0.241. The minimum absolute atomic E-state index is 0.871. The molecule has 9 aromatic rings. The van der Waals surface area contributed by atoms with Crippen molar-refractivity contribution in [3.63, 3.8) is 0 Å². The summed E-state index contributed by atoms with van der Waals surface area (Å²) in [6.07, 6.45) is 0. The lowest BCUT2D eigenvalue weighted by Gasteiger charge is -2.10. The molecule has 4 nitrogen and oxygen atoms in total. The van der Waals surface area contributed by atoms with Crippen LogP contribution in [0, 0.1) is 0 Å². The highest BCUT2D eigenvalue weighted by Gasteiger charge is 2.19. The first kappa shape index (κ1) is 23.0. The number of furan rings is 2. The molecular formula is C38H24N2O2. The van der Waals surface area contributed by atoms with E-state index in [0.29, 0.717) is 0 Å². The summed E-state index contributed by atoms with van der Waals surface area (Å²) in [4.78, 5) is 0. The highest BCUT2D eigenvalue weighted by Crippen LogP contribution is 2.40. The molecule has 3 heterocycles. The zero-order valence-corrected chi connectivity index (χ0v) is 22.5. The number of nitrogens with one attached hydrogen (secondary N) is 1. The van der Waals surface area contributed by atoms with Crippen molar-refractivity contribution >= 4 is 66.3 Å². The Bertz CT molecular complexity index is 2430. The van der Waals surface area contributed by atoms with Gasteiger partial charge in [0.1, 0.15) is 16.7 Å². The lowest BCUT2D eigenvalue weighted by Crippen LogP contribution is -1.93. The van der Waals surface area contributed by atoms with Gasteiger partial charge in [-0.15, -0.1) is 0 Å². The third-order valence-corrected chi connectivity index (χ3v) is 8.19. The standard InChI is InChI=1S/C38H24N2O2/c1-2-8-28(9-3-1)40-33-22-25(16-20-31(33)37-32-11-5-7-13-35(32)42-38(37)40)24-14-17-26(18-15-24)39-27-19-21-30-29-10-4-6-12-34(29)41-36(30)23-27/h1-23,39H. The van der Waals surface area contributed by atoms with Crippen LogP contribution in [0.4, 0.5) is 11.4 Å². The first-order valence-electron chi connectivity index (χ1n) is 14.1. The Labute approximate surface area is 241 Å². The zero-order chi connectivity index (χ0) is 27.6. The van der Waals surface area contributed by atoms with Crippen molar-refractivity contribution in [1.82, 2.24) is 4.57 Å². The predicted molar refractivity (Wildman–Crippen MR) is 173 cm³/mol. The summed E-state index contributed by atoms with van der Waals surface area (Å²) in [6, 6.07) is 48.4. The van der Waals surface area contributed by atoms with Crippen LogP contribution in [0.25, 0.3) is 71.7 Å². The normalized spacial score (nSPS) is 11.8. The van der Waals surface area contributed by atoms with Gasteiger partial charge in [0.2, 0.25) is 5.71 Å². The number of hydrogen-bond donors (Lipinski definition) is 1. The summed E-state index contributed by atoms with van der Waals surface area (Å²) in [5.74, 6) is 0. The molecule has 0 amide bonds. The van der Waals surface area contributed by atoms with E-state index in [2.05, 4.69) is 113 Å². The molecule has 9 rings (SSSR count). The number of hydrogen-bond acceptors (Lipinski definition) is 3. The number of aromatic nitrogens is 1. The Morgan fingerprint density at radius 3 is 1.93 bits per heavy atom. The minimum Gasteiger partial charge on any atom is -0.456 e. The Kier molecular flexibility index (Phi) is 4.87. The molecule has 0 aliphatic carbocycles. The molecule has 0 spiro atoms. The summed E-state index contributed by atoms with van der Waals surface area (Å²) in [7, 11) is 0. The van der Waals surface area contributed by atoms with Gasteiger partial charge < -0.3 is 14.2 Å². The number of fused-ring (bicyclic) bond motifs is 8. The highest BCUT2D eigenvalue weighted by atomic mass is 16.3. The fourth-order valence-electron chi connectivity index (χ4n) is 6.22. The van der Waals surface area contributed by atoms with Crippen molar-refractivity contribution in [2.75, 3.05) is 5.32 Å². The first-order valence-corrected chi connectivity index (χ1v) is 14.1. The van der Waals surface area contributed by atoms with Gasteiger partial charge in [-0.1, -0.05) is 78.9 Å². The van der Waals surface area contributed by atoms with Crippen LogP contribution in [0.15, 0.2) is 148 Å². The molecule has 0 saturated heterocycles. The van der Waals surface area contributed by atoms with E-state index in [-0.39, 0.29) is 0 Å². The van der Waals surface area contributed by atoms with Crippen molar-refractivity contribution in [2.24, 2.45) is 0 Å². The third kappa shape index (κ3) is 3.49. The molecule has 0 saturated carbocycles. The van der Waals surface area contributed by atoms with Crippen LogP contribution < -0.4 is 5.32 Å². The monoisotopic (exact) mass is 540 g/mol. The molecule has 6 aromatic carbocycles. The van der Waals surface area contributed by atoms with Crippen molar-refractivity contribution < 1.29 is 8.83 Å².